The Morgan fingerprint density at radius 1 is 1.25 bits per heavy atom. The summed E-state index contributed by atoms with van der Waals surface area (Å²) >= 11 is 0. The number of nitrogens with zero attached hydrogens (tertiary/aromatic N) is 3. The molecular formula is C16H18N4O3S. The second kappa shape index (κ2) is 6.58. The number of rotatable bonds is 6. The molecule has 0 atom stereocenters. The van der Waals surface area contributed by atoms with Crippen molar-refractivity contribution in [3.63, 3.8) is 0 Å². The quantitative estimate of drug-likeness (QED) is 0.741. The first kappa shape index (κ1) is 16.4. The number of furan rings is 1. The van der Waals surface area contributed by atoms with E-state index in [0.29, 0.717) is 11.5 Å². The predicted molar refractivity (Wildman–Crippen MR) is 88.6 cm³/mol. The molecule has 126 valence electrons. The van der Waals surface area contributed by atoms with Crippen molar-refractivity contribution in [3.8, 4) is 11.5 Å². The lowest BCUT2D eigenvalue weighted by Gasteiger charge is -2.08. The zero-order chi connectivity index (χ0) is 17.2. The minimum Gasteiger partial charge on any atom is -0.463 e. The second-order valence-electron chi connectivity index (χ2n) is 5.57. The van der Waals surface area contributed by atoms with Gasteiger partial charge >= 0.3 is 0 Å². The van der Waals surface area contributed by atoms with Gasteiger partial charge < -0.3 is 8.98 Å². The fraction of sp³-hybridized carbons (Fsp3) is 0.250. The maximum absolute atomic E-state index is 12.4. The Morgan fingerprint density at radius 3 is 2.75 bits per heavy atom. The fourth-order valence-electron chi connectivity index (χ4n) is 2.20. The van der Waals surface area contributed by atoms with Crippen LogP contribution in [0, 0.1) is 0 Å². The topological polar surface area (TPSA) is 90.0 Å². The number of hydrogen-bond donors (Lipinski definition) is 1. The summed E-state index contributed by atoms with van der Waals surface area (Å²) in [5.41, 5.74) is 1.33. The van der Waals surface area contributed by atoms with Gasteiger partial charge in [0.1, 0.15) is 5.69 Å². The molecule has 0 saturated heterocycles. The summed E-state index contributed by atoms with van der Waals surface area (Å²) in [5, 5.41) is -0.000334. The molecule has 3 heterocycles. The number of nitrogens with one attached hydrogen (secondary N) is 1. The van der Waals surface area contributed by atoms with Crippen molar-refractivity contribution in [2.24, 2.45) is 0 Å². The summed E-state index contributed by atoms with van der Waals surface area (Å²) in [7, 11) is -3.70. The van der Waals surface area contributed by atoms with Gasteiger partial charge in [0.25, 0.3) is 10.0 Å². The summed E-state index contributed by atoms with van der Waals surface area (Å²) in [6.45, 7) is 4.01. The van der Waals surface area contributed by atoms with Gasteiger partial charge in [-0.25, -0.2) is 18.1 Å². The minimum absolute atomic E-state index is 0.000334. The second-order valence-corrected chi connectivity index (χ2v) is 7.28. The molecule has 3 aromatic heterocycles. The van der Waals surface area contributed by atoms with Crippen LogP contribution < -0.4 is 4.72 Å². The van der Waals surface area contributed by atoms with Gasteiger partial charge in [0.2, 0.25) is 0 Å². The smallest absolute Gasteiger partial charge is 0.259 e. The third kappa shape index (κ3) is 3.39. The molecule has 24 heavy (non-hydrogen) atoms. The molecule has 3 aromatic rings. The van der Waals surface area contributed by atoms with E-state index in [-0.39, 0.29) is 17.6 Å². The molecule has 0 aliphatic heterocycles. The summed E-state index contributed by atoms with van der Waals surface area (Å²) < 4.78 is 34.5. The Balaban J connectivity index is 1.80. The van der Waals surface area contributed by atoms with E-state index in [0.717, 1.165) is 5.56 Å². The van der Waals surface area contributed by atoms with Crippen LogP contribution >= 0.6 is 0 Å². The maximum atomic E-state index is 12.4. The highest BCUT2D eigenvalue weighted by Crippen LogP contribution is 2.21. The molecule has 0 saturated carbocycles. The van der Waals surface area contributed by atoms with Gasteiger partial charge in [-0.1, -0.05) is 6.07 Å². The molecule has 0 radical (unpaired) electrons. The average Bonchev–Trinajstić information content (AvgIpc) is 3.25. The van der Waals surface area contributed by atoms with Crippen LogP contribution in [0.2, 0.25) is 0 Å². The van der Waals surface area contributed by atoms with E-state index in [1.165, 1.54) is 12.5 Å². The van der Waals surface area contributed by atoms with Crippen molar-refractivity contribution in [2.75, 3.05) is 0 Å². The van der Waals surface area contributed by atoms with Gasteiger partial charge in [0.15, 0.2) is 10.8 Å². The zero-order valence-electron chi connectivity index (χ0n) is 13.4. The predicted octanol–water partition coefficient (Wildman–Crippen LogP) is 2.60. The lowest BCUT2D eigenvalue weighted by atomic mass is 10.1. The van der Waals surface area contributed by atoms with Crippen LogP contribution in [0.4, 0.5) is 0 Å². The largest absolute Gasteiger partial charge is 0.463 e. The standard InChI is InChI=1S/C16H18N4O3S/c1-12(2)20-10-15(18-11-20)24(21,22)19-9-13-5-3-7-17-16(13)14-6-4-8-23-14/h3-8,10-12,19H,9H2,1-2H3. The van der Waals surface area contributed by atoms with E-state index >= 15 is 0 Å². The highest BCUT2D eigenvalue weighted by molar-refractivity contribution is 7.89. The van der Waals surface area contributed by atoms with Gasteiger partial charge in [0.05, 0.1) is 12.6 Å². The van der Waals surface area contributed by atoms with Gasteiger partial charge in [0, 0.05) is 25.0 Å². The van der Waals surface area contributed by atoms with Crippen molar-refractivity contribution in [1.82, 2.24) is 19.3 Å². The Bertz CT molecular complexity index is 914. The Hall–Kier alpha value is -2.45. The molecule has 3 rings (SSSR count). The lowest BCUT2D eigenvalue weighted by Crippen LogP contribution is -2.24. The number of imidazole rings is 1. The molecule has 8 heteroatoms. The first-order chi connectivity index (χ1) is 11.5. The third-order valence-corrected chi connectivity index (χ3v) is 4.83. The van der Waals surface area contributed by atoms with E-state index in [2.05, 4.69) is 14.7 Å². The first-order valence-corrected chi connectivity index (χ1v) is 8.96. The monoisotopic (exact) mass is 346 g/mol. The van der Waals surface area contributed by atoms with E-state index in [4.69, 9.17) is 4.42 Å². The Kier molecular flexibility index (Phi) is 4.50. The number of aromatic nitrogens is 3. The molecular weight excluding hydrogens is 328 g/mol. The van der Waals surface area contributed by atoms with Gasteiger partial charge in [-0.3, -0.25) is 4.98 Å². The summed E-state index contributed by atoms with van der Waals surface area (Å²) in [6.07, 6.45) is 6.22. The molecule has 0 aromatic carbocycles. The van der Waals surface area contributed by atoms with Crippen molar-refractivity contribution in [3.05, 3.63) is 54.8 Å². The van der Waals surface area contributed by atoms with Gasteiger partial charge in [-0.2, -0.15) is 0 Å². The van der Waals surface area contributed by atoms with Crippen LogP contribution in [0.3, 0.4) is 0 Å². The third-order valence-electron chi connectivity index (χ3n) is 3.55. The van der Waals surface area contributed by atoms with E-state index in [1.54, 1.807) is 41.3 Å². The van der Waals surface area contributed by atoms with Crippen molar-refractivity contribution < 1.29 is 12.8 Å². The van der Waals surface area contributed by atoms with E-state index in [9.17, 15) is 8.42 Å². The SMILES string of the molecule is CC(C)n1cnc(S(=O)(=O)NCc2cccnc2-c2ccco2)c1. The summed E-state index contributed by atoms with van der Waals surface area (Å²) in [6, 6.07) is 7.25. The molecule has 0 aliphatic carbocycles. The first-order valence-electron chi connectivity index (χ1n) is 7.48. The van der Waals surface area contributed by atoms with E-state index < -0.39 is 10.0 Å². The van der Waals surface area contributed by atoms with Crippen LogP contribution in [0.25, 0.3) is 11.5 Å². The molecule has 0 spiro atoms. The minimum atomic E-state index is -3.70. The molecule has 7 nitrogen and oxygen atoms in total. The zero-order valence-corrected chi connectivity index (χ0v) is 14.2. The van der Waals surface area contributed by atoms with Gasteiger partial charge in [-0.05, 0) is 37.6 Å². The van der Waals surface area contributed by atoms with Crippen LogP contribution in [-0.2, 0) is 16.6 Å². The maximum Gasteiger partial charge on any atom is 0.259 e. The summed E-state index contributed by atoms with van der Waals surface area (Å²) in [5.74, 6) is 0.592. The van der Waals surface area contributed by atoms with Crippen LogP contribution in [0.1, 0.15) is 25.5 Å². The number of sulfonamides is 1. The Morgan fingerprint density at radius 2 is 2.08 bits per heavy atom. The molecule has 1 N–H and O–H groups in total. The number of pyridine rings is 1. The fourth-order valence-corrected chi connectivity index (χ4v) is 3.14. The van der Waals surface area contributed by atoms with Gasteiger partial charge in [-0.15, -0.1) is 0 Å². The van der Waals surface area contributed by atoms with Crippen molar-refractivity contribution in [2.45, 2.75) is 31.5 Å². The normalized spacial score (nSPS) is 12.0. The van der Waals surface area contributed by atoms with Crippen molar-refractivity contribution >= 4 is 10.0 Å². The van der Waals surface area contributed by atoms with Crippen LogP contribution in [-0.4, -0.2) is 23.0 Å². The molecule has 0 bridgehead atoms. The van der Waals surface area contributed by atoms with Crippen LogP contribution in [0.15, 0.2) is 58.7 Å². The molecule has 0 aliphatic rings. The lowest BCUT2D eigenvalue weighted by molar-refractivity contribution is 0.572. The highest BCUT2D eigenvalue weighted by Gasteiger charge is 2.19. The molecule has 0 amide bonds. The van der Waals surface area contributed by atoms with Crippen LogP contribution in [0.5, 0.6) is 0 Å². The molecule has 0 unspecified atom stereocenters. The molecule has 0 fully saturated rings. The Labute approximate surface area is 140 Å². The van der Waals surface area contributed by atoms with E-state index in [1.807, 2.05) is 13.8 Å². The average molecular weight is 346 g/mol. The summed E-state index contributed by atoms with van der Waals surface area (Å²) in [4.78, 5) is 8.25. The number of hydrogen-bond acceptors (Lipinski definition) is 5. The highest BCUT2D eigenvalue weighted by atomic mass is 32.2. The van der Waals surface area contributed by atoms with Crippen molar-refractivity contribution in [1.29, 1.82) is 0 Å².